The van der Waals surface area contributed by atoms with Crippen LogP contribution in [0.25, 0.3) is 11.1 Å². The van der Waals surface area contributed by atoms with Crippen molar-refractivity contribution in [2.75, 3.05) is 26.2 Å². The highest BCUT2D eigenvalue weighted by atomic mass is 35.5. The number of halogens is 1. The summed E-state index contributed by atoms with van der Waals surface area (Å²) in [6.07, 6.45) is 4.14. The molecule has 0 bridgehead atoms. The number of amides is 1. The lowest BCUT2D eigenvalue weighted by Crippen LogP contribution is -2.45. The fourth-order valence-corrected chi connectivity index (χ4v) is 5.65. The molecule has 1 saturated heterocycles. The van der Waals surface area contributed by atoms with Gasteiger partial charge in [0.25, 0.3) is 5.91 Å². The van der Waals surface area contributed by atoms with Gasteiger partial charge in [-0.2, -0.15) is 0 Å². The molecule has 1 unspecified atom stereocenters. The minimum atomic E-state index is -0.253. The number of carbonyl (C=O) groups is 2. The van der Waals surface area contributed by atoms with Crippen LogP contribution in [0.4, 0.5) is 0 Å². The van der Waals surface area contributed by atoms with Crippen LogP contribution in [0, 0.1) is 0 Å². The second-order valence-corrected chi connectivity index (χ2v) is 11.1. The normalized spacial score (nSPS) is 15.9. The Morgan fingerprint density at radius 2 is 1.64 bits per heavy atom. The van der Waals surface area contributed by atoms with E-state index < -0.39 is 0 Å². The van der Waals surface area contributed by atoms with Crippen LogP contribution >= 0.6 is 11.6 Å². The van der Waals surface area contributed by atoms with Crippen LogP contribution in [0.1, 0.15) is 61.9 Å². The Bertz CT molecular complexity index is 1220. The summed E-state index contributed by atoms with van der Waals surface area (Å²) in [4.78, 5) is 28.1. The van der Waals surface area contributed by atoms with Crippen molar-refractivity contribution in [1.82, 2.24) is 10.2 Å². The molecule has 1 amide bonds. The molecule has 1 heterocycles. The number of hydrogen-bond donors (Lipinski definition) is 1. The molecule has 6 heteroatoms. The predicted molar refractivity (Wildman–Crippen MR) is 158 cm³/mol. The fourth-order valence-electron chi connectivity index (χ4n) is 5.53. The van der Waals surface area contributed by atoms with E-state index in [4.69, 9.17) is 16.3 Å². The van der Waals surface area contributed by atoms with Gasteiger partial charge >= 0.3 is 5.97 Å². The van der Waals surface area contributed by atoms with Gasteiger partial charge in [0.15, 0.2) is 0 Å². The highest BCUT2D eigenvalue weighted by molar-refractivity contribution is 6.30. The summed E-state index contributed by atoms with van der Waals surface area (Å²) >= 11 is 6.05. The molecule has 39 heavy (non-hydrogen) atoms. The molecule has 0 radical (unpaired) electrons. The molecule has 1 N–H and O–H groups in total. The lowest BCUT2D eigenvalue weighted by atomic mass is 9.76. The highest BCUT2D eigenvalue weighted by Crippen LogP contribution is 2.33. The molecule has 0 aromatic heterocycles. The molecule has 5 nitrogen and oxygen atoms in total. The van der Waals surface area contributed by atoms with Crippen LogP contribution in [-0.4, -0.2) is 49.1 Å². The summed E-state index contributed by atoms with van der Waals surface area (Å²) in [7, 11) is 0. The largest absolute Gasteiger partial charge is 0.466 e. The molecule has 4 rings (SSSR count). The van der Waals surface area contributed by atoms with Gasteiger partial charge in [0.05, 0.1) is 13.0 Å². The average Bonchev–Trinajstić information content (AvgIpc) is 2.95. The molecule has 0 spiro atoms. The van der Waals surface area contributed by atoms with E-state index in [1.807, 2.05) is 73.7 Å². The summed E-state index contributed by atoms with van der Waals surface area (Å²) in [6, 6.07) is 25.8. The van der Waals surface area contributed by atoms with Crippen molar-refractivity contribution in [3.05, 3.63) is 95.0 Å². The predicted octanol–water partition coefficient (Wildman–Crippen LogP) is 6.89. The molecular weight excluding hydrogens is 508 g/mol. The number of ether oxygens (including phenoxy) is 1. The van der Waals surface area contributed by atoms with Gasteiger partial charge in [0, 0.05) is 35.1 Å². The molecule has 3 aromatic rings. The highest BCUT2D eigenvalue weighted by Gasteiger charge is 2.30. The van der Waals surface area contributed by atoms with Crippen LogP contribution in [0.3, 0.4) is 0 Å². The first-order valence-corrected chi connectivity index (χ1v) is 14.3. The third kappa shape index (κ3) is 7.93. The van der Waals surface area contributed by atoms with E-state index in [1.165, 1.54) is 5.56 Å². The van der Waals surface area contributed by atoms with E-state index in [1.54, 1.807) is 0 Å². The maximum Gasteiger partial charge on any atom is 0.306 e. The zero-order valence-electron chi connectivity index (χ0n) is 23.0. The maximum atomic E-state index is 13.2. The van der Waals surface area contributed by atoms with Gasteiger partial charge in [-0.1, -0.05) is 79.2 Å². The summed E-state index contributed by atoms with van der Waals surface area (Å²) < 4.78 is 5.28. The standard InChI is InChI=1S/C33H39ClN2O3/c1-3-39-31(37)24-33(2,26-10-5-4-6-11-26)20-9-21-36-22-18-28(19-23-36)35-32(38)30-13-8-7-12-29(30)25-14-16-27(34)17-15-25/h4-8,10-17,28H,3,9,18-24H2,1-2H3,(H,35,38). The number of nitrogens with one attached hydrogen (secondary N) is 1. The van der Waals surface area contributed by atoms with Crippen molar-refractivity contribution in [2.24, 2.45) is 0 Å². The molecule has 1 aliphatic heterocycles. The van der Waals surface area contributed by atoms with Gasteiger partial charge in [-0.05, 0) is 74.0 Å². The van der Waals surface area contributed by atoms with Gasteiger partial charge in [0.2, 0.25) is 0 Å². The van der Waals surface area contributed by atoms with E-state index in [-0.39, 0.29) is 23.3 Å². The van der Waals surface area contributed by atoms with Crippen molar-refractivity contribution in [3.63, 3.8) is 0 Å². The van der Waals surface area contributed by atoms with Gasteiger partial charge in [-0.25, -0.2) is 0 Å². The Hall–Kier alpha value is -3.15. The number of esters is 1. The zero-order valence-corrected chi connectivity index (χ0v) is 23.8. The summed E-state index contributed by atoms with van der Waals surface area (Å²) in [6.45, 7) is 7.30. The van der Waals surface area contributed by atoms with Crippen LogP contribution in [0.15, 0.2) is 78.9 Å². The van der Waals surface area contributed by atoms with Gasteiger partial charge in [0.1, 0.15) is 0 Å². The number of carbonyl (C=O) groups excluding carboxylic acids is 2. The fraction of sp³-hybridized carbons (Fsp3) is 0.394. The summed E-state index contributed by atoms with van der Waals surface area (Å²) in [5.41, 5.74) is 3.50. The summed E-state index contributed by atoms with van der Waals surface area (Å²) in [5.74, 6) is -0.172. The van der Waals surface area contributed by atoms with Crippen molar-refractivity contribution < 1.29 is 14.3 Å². The Labute approximate surface area is 237 Å². The SMILES string of the molecule is CCOC(=O)CC(C)(CCCN1CCC(NC(=O)c2ccccc2-c2ccc(Cl)cc2)CC1)c1ccccc1. The van der Waals surface area contributed by atoms with Crippen LogP contribution in [0.5, 0.6) is 0 Å². The van der Waals surface area contributed by atoms with E-state index >= 15 is 0 Å². The molecule has 206 valence electrons. The lowest BCUT2D eigenvalue weighted by molar-refractivity contribution is -0.144. The topological polar surface area (TPSA) is 58.6 Å². The molecule has 3 aromatic carbocycles. The second kappa shape index (κ2) is 13.8. The number of piperidine rings is 1. The molecular formula is C33H39ClN2O3. The van der Waals surface area contributed by atoms with E-state index in [9.17, 15) is 9.59 Å². The maximum absolute atomic E-state index is 13.2. The second-order valence-electron chi connectivity index (χ2n) is 10.7. The molecule has 1 aliphatic rings. The van der Waals surface area contributed by atoms with Crippen molar-refractivity contribution >= 4 is 23.5 Å². The third-order valence-corrected chi connectivity index (χ3v) is 8.02. The van der Waals surface area contributed by atoms with Crippen LogP contribution < -0.4 is 5.32 Å². The molecule has 1 atom stereocenters. The van der Waals surface area contributed by atoms with Crippen molar-refractivity contribution in [3.8, 4) is 11.1 Å². The average molecular weight is 547 g/mol. The van der Waals surface area contributed by atoms with Gasteiger partial charge in [-0.15, -0.1) is 0 Å². The molecule has 1 fully saturated rings. The number of hydrogen-bond acceptors (Lipinski definition) is 4. The zero-order chi connectivity index (χ0) is 27.7. The quantitative estimate of drug-likeness (QED) is 0.266. The van der Waals surface area contributed by atoms with E-state index in [0.717, 1.165) is 56.4 Å². The van der Waals surface area contributed by atoms with Crippen molar-refractivity contribution in [2.45, 2.75) is 57.4 Å². The van der Waals surface area contributed by atoms with E-state index in [0.29, 0.717) is 23.6 Å². The number of nitrogens with zero attached hydrogens (tertiary/aromatic N) is 1. The van der Waals surface area contributed by atoms with Gasteiger partial charge in [-0.3, -0.25) is 9.59 Å². The third-order valence-electron chi connectivity index (χ3n) is 7.76. The molecule has 0 saturated carbocycles. The minimum absolute atomic E-state index is 0.0309. The Balaban J connectivity index is 1.28. The van der Waals surface area contributed by atoms with Crippen LogP contribution in [0.2, 0.25) is 5.02 Å². The number of rotatable bonds is 11. The lowest BCUT2D eigenvalue weighted by Gasteiger charge is -2.34. The Morgan fingerprint density at radius 1 is 0.974 bits per heavy atom. The summed E-state index contributed by atoms with van der Waals surface area (Å²) in [5, 5.41) is 3.95. The minimum Gasteiger partial charge on any atom is -0.466 e. The first kappa shape index (κ1) is 28.8. The van der Waals surface area contributed by atoms with Crippen molar-refractivity contribution in [1.29, 1.82) is 0 Å². The number of benzene rings is 3. The molecule has 0 aliphatic carbocycles. The monoisotopic (exact) mass is 546 g/mol. The first-order chi connectivity index (χ1) is 18.9. The number of likely N-dealkylation sites (tertiary alicyclic amines) is 1. The van der Waals surface area contributed by atoms with Crippen LogP contribution in [-0.2, 0) is 14.9 Å². The van der Waals surface area contributed by atoms with E-state index in [2.05, 4.69) is 29.3 Å². The van der Waals surface area contributed by atoms with Gasteiger partial charge < -0.3 is 15.0 Å². The Morgan fingerprint density at radius 3 is 2.33 bits per heavy atom. The smallest absolute Gasteiger partial charge is 0.306 e. The first-order valence-electron chi connectivity index (χ1n) is 14.0. The Kier molecular flexibility index (Phi) is 10.2.